The molecule has 1 fully saturated rings. The predicted octanol–water partition coefficient (Wildman–Crippen LogP) is 0.771. The van der Waals surface area contributed by atoms with Gasteiger partial charge in [0, 0.05) is 19.5 Å². The van der Waals surface area contributed by atoms with Gasteiger partial charge in [-0.25, -0.2) is 0 Å². The third-order valence-corrected chi connectivity index (χ3v) is 3.43. The first-order valence-corrected chi connectivity index (χ1v) is 5.60. The van der Waals surface area contributed by atoms with Crippen LogP contribution in [-0.4, -0.2) is 36.9 Å². The maximum Gasteiger partial charge on any atom is 0.235 e. The molecule has 1 rings (SSSR count). The highest BCUT2D eigenvalue weighted by Gasteiger charge is 2.48. The molecule has 0 bridgehead atoms. The van der Waals surface area contributed by atoms with Crippen LogP contribution in [0.4, 0.5) is 0 Å². The van der Waals surface area contributed by atoms with Crippen molar-refractivity contribution in [3.63, 3.8) is 0 Å². The van der Waals surface area contributed by atoms with Crippen LogP contribution >= 0.6 is 0 Å². The molecule has 0 saturated carbocycles. The smallest absolute Gasteiger partial charge is 0.235 e. The van der Waals surface area contributed by atoms with Crippen LogP contribution in [0.25, 0.3) is 0 Å². The topological polar surface area (TPSA) is 49.4 Å². The average molecular weight is 212 g/mol. The SMILES string of the molecule is CCC1(CC)CC(=O)N(CCNC)C1=O. The molecule has 1 aliphatic rings. The van der Waals surface area contributed by atoms with Crippen LogP contribution < -0.4 is 5.32 Å². The molecular formula is C11H20N2O2. The van der Waals surface area contributed by atoms with Gasteiger partial charge in [0.15, 0.2) is 0 Å². The van der Waals surface area contributed by atoms with E-state index in [0.29, 0.717) is 19.5 Å². The number of carbonyl (C=O) groups excluding carboxylic acids is 2. The fraction of sp³-hybridized carbons (Fsp3) is 0.818. The molecule has 15 heavy (non-hydrogen) atoms. The number of amides is 2. The molecule has 2 amide bonds. The molecule has 0 unspecified atom stereocenters. The summed E-state index contributed by atoms with van der Waals surface area (Å²) in [6.45, 7) is 5.13. The fourth-order valence-electron chi connectivity index (χ4n) is 2.11. The van der Waals surface area contributed by atoms with E-state index in [1.165, 1.54) is 4.90 Å². The Hall–Kier alpha value is -0.900. The highest BCUT2D eigenvalue weighted by molar-refractivity contribution is 6.05. The first-order chi connectivity index (χ1) is 7.11. The van der Waals surface area contributed by atoms with Gasteiger partial charge in [0.25, 0.3) is 0 Å². The van der Waals surface area contributed by atoms with Gasteiger partial charge in [-0.1, -0.05) is 13.8 Å². The van der Waals surface area contributed by atoms with E-state index in [0.717, 1.165) is 12.8 Å². The molecule has 0 atom stereocenters. The van der Waals surface area contributed by atoms with Crippen molar-refractivity contribution in [2.24, 2.45) is 5.41 Å². The zero-order valence-corrected chi connectivity index (χ0v) is 9.80. The van der Waals surface area contributed by atoms with E-state index >= 15 is 0 Å². The zero-order chi connectivity index (χ0) is 11.5. The van der Waals surface area contributed by atoms with Gasteiger partial charge in [-0.2, -0.15) is 0 Å². The highest BCUT2D eigenvalue weighted by atomic mass is 16.2. The lowest BCUT2D eigenvalue weighted by molar-refractivity contribution is -0.141. The maximum atomic E-state index is 12.1. The van der Waals surface area contributed by atoms with E-state index < -0.39 is 5.41 Å². The van der Waals surface area contributed by atoms with E-state index in [9.17, 15) is 9.59 Å². The monoisotopic (exact) mass is 212 g/mol. The van der Waals surface area contributed by atoms with Crippen LogP contribution in [0, 0.1) is 5.41 Å². The first-order valence-electron chi connectivity index (χ1n) is 5.60. The van der Waals surface area contributed by atoms with Gasteiger partial charge >= 0.3 is 0 Å². The summed E-state index contributed by atoms with van der Waals surface area (Å²) in [5.74, 6) is 0.00620. The Morgan fingerprint density at radius 2 is 1.93 bits per heavy atom. The van der Waals surface area contributed by atoms with Crippen molar-refractivity contribution in [1.82, 2.24) is 10.2 Å². The number of hydrogen-bond donors (Lipinski definition) is 1. The van der Waals surface area contributed by atoms with Crippen LogP contribution in [-0.2, 0) is 9.59 Å². The number of likely N-dealkylation sites (tertiary alicyclic amines) is 1. The molecule has 86 valence electrons. The van der Waals surface area contributed by atoms with Gasteiger partial charge in [-0.05, 0) is 19.9 Å². The van der Waals surface area contributed by atoms with Crippen molar-refractivity contribution < 1.29 is 9.59 Å². The summed E-state index contributed by atoms with van der Waals surface area (Å²) in [7, 11) is 1.82. The van der Waals surface area contributed by atoms with Crippen molar-refractivity contribution in [1.29, 1.82) is 0 Å². The van der Waals surface area contributed by atoms with Crippen LogP contribution in [0.1, 0.15) is 33.1 Å². The summed E-state index contributed by atoms with van der Waals surface area (Å²) in [5.41, 5.74) is -0.412. The second-order valence-electron chi connectivity index (χ2n) is 4.12. The molecule has 1 saturated heterocycles. The number of rotatable bonds is 5. The molecule has 0 aromatic rings. The van der Waals surface area contributed by atoms with Crippen LogP contribution in [0.3, 0.4) is 0 Å². The van der Waals surface area contributed by atoms with Crippen molar-refractivity contribution in [3.05, 3.63) is 0 Å². The normalized spacial score (nSPS) is 20.1. The van der Waals surface area contributed by atoms with Gasteiger partial charge in [0.1, 0.15) is 0 Å². The predicted molar refractivity (Wildman–Crippen MR) is 58.3 cm³/mol. The molecule has 1 heterocycles. The molecule has 1 N–H and O–H groups in total. The second-order valence-corrected chi connectivity index (χ2v) is 4.12. The van der Waals surface area contributed by atoms with Crippen molar-refractivity contribution in [2.75, 3.05) is 20.1 Å². The Morgan fingerprint density at radius 3 is 2.33 bits per heavy atom. The standard InChI is InChI=1S/C11H20N2O2/c1-4-11(5-2)8-9(14)13(10(11)15)7-6-12-3/h12H,4-8H2,1-3H3. The fourth-order valence-corrected chi connectivity index (χ4v) is 2.11. The van der Waals surface area contributed by atoms with E-state index in [2.05, 4.69) is 5.32 Å². The largest absolute Gasteiger partial charge is 0.318 e. The Kier molecular flexibility index (Phi) is 3.85. The molecule has 0 radical (unpaired) electrons. The molecule has 0 aromatic heterocycles. The lowest BCUT2D eigenvalue weighted by Gasteiger charge is -2.23. The van der Waals surface area contributed by atoms with E-state index in [-0.39, 0.29) is 11.8 Å². The third kappa shape index (κ3) is 2.04. The Morgan fingerprint density at radius 1 is 1.33 bits per heavy atom. The van der Waals surface area contributed by atoms with Crippen molar-refractivity contribution >= 4 is 11.8 Å². The third-order valence-electron chi connectivity index (χ3n) is 3.43. The number of nitrogens with zero attached hydrogens (tertiary/aromatic N) is 1. The second kappa shape index (κ2) is 4.75. The molecule has 0 aromatic carbocycles. The van der Waals surface area contributed by atoms with Crippen molar-refractivity contribution in [3.8, 4) is 0 Å². The average Bonchev–Trinajstić information content (AvgIpc) is 2.49. The molecule has 0 spiro atoms. The number of hydrogen-bond acceptors (Lipinski definition) is 3. The summed E-state index contributed by atoms with van der Waals surface area (Å²) >= 11 is 0. The van der Waals surface area contributed by atoms with E-state index in [4.69, 9.17) is 0 Å². The van der Waals surface area contributed by atoms with Gasteiger partial charge in [-0.15, -0.1) is 0 Å². The van der Waals surface area contributed by atoms with Crippen LogP contribution in [0.2, 0.25) is 0 Å². The van der Waals surface area contributed by atoms with Crippen molar-refractivity contribution in [2.45, 2.75) is 33.1 Å². The van der Waals surface area contributed by atoms with Gasteiger partial charge in [-0.3, -0.25) is 14.5 Å². The molecule has 0 aliphatic carbocycles. The van der Waals surface area contributed by atoms with E-state index in [1.807, 2.05) is 20.9 Å². The highest BCUT2D eigenvalue weighted by Crippen LogP contribution is 2.38. The quantitative estimate of drug-likeness (QED) is 0.685. The minimum atomic E-state index is -0.412. The Bertz CT molecular complexity index is 259. The van der Waals surface area contributed by atoms with Gasteiger partial charge < -0.3 is 5.32 Å². The van der Waals surface area contributed by atoms with Crippen LogP contribution in [0.15, 0.2) is 0 Å². The lowest BCUT2D eigenvalue weighted by Crippen LogP contribution is -2.38. The number of carbonyl (C=O) groups is 2. The van der Waals surface area contributed by atoms with Gasteiger partial charge in [0.05, 0.1) is 5.41 Å². The van der Waals surface area contributed by atoms with Crippen LogP contribution in [0.5, 0.6) is 0 Å². The number of nitrogens with one attached hydrogen (secondary N) is 1. The first kappa shape index (κ1) is 12.2. The molecule has 4 nitrogen and oxygen atoms in total. The lowest BCUT2D eigenvalue weighted by atomic mass is 9.81. The minimum Gasteiger partial charge on any atom is -0.318 e. The summed E-state index contributed by atoms with van der Waals surface area (Å²) in [6, 6.07) is 0. The van der Waals surface area contributed by atoms with Gasteiger partial charge in [0.2, 0.25) is 11.8 Å². The summed E-state index contributed by atoms with van der Waals surface area (Å²) in [6.07, 6.45) is 1.90. The molecule has 4 heteroatoms. The van der Waals surface area contributed by atoms with E-state index in [1.54, 1.807) is 0 Å². The maximum absolute atomic E-state index is 12.1. The minimum absolute atomic E-state index is 0.0149. The summed E-state index contributed by atoms with van der Waals surface area (Å²) in [4.78, 5) is 25.2. The number of imide groups is 1. The Labute approximate surface area is 91.0 Å². The molecular weight excluding hydrogens is 192 g/mol. The summed E-state index contributed by atoms with van der Waals surface area (Å²) in [5, 5.41) is 2.95. The zero-order valence-electron chi connectivity index (χ0n) is 9.80. The molecule has 1 aliphatic heterocycles. The Balaban J connectivity index is 2.77. The number of likely N-dealkylation sites (N-methyl/N-ethyl adjacent to an activating group) is 1. The summed E-state index contributed by atoms with van der Waals surface area (Å²) < 4.78 is 0.